The standard InChI is InChI=1S/C9H19NO2/c1-7(2)10-8-5-9(6-8)12-4-3-11/h7-11H,3-6H2,1-2H3. The normalized spacial score (nSPS) is 29.0. The van der Waals surface area contributed by atoms with Crippen LogP contribution < -0.4 is 5.32 Å². The zero-order valence-corrected chi connectivity index (χ0v) is 7.92. The van der Waals surface area contributed by atoms with Crippen molar-refractivity contribution in [2.75, 3.05) is 13.2 Å². The summed E-state index contributed by atoms with van der Waals surface area (Å²) in [6.07, 6.45) is 2.57. The van der Waals surface area contributed by atoms with E-state index in [1.165, 1.54) is 0 Å². The zero-order chi connectivity index (χ0) is 8.97. The maximum absolute atomic E-state index is 8.51. The first-order chi connectivity index (χ1) is 5.72. The van der Waals surface area contributed by atoms with Crippen molar-refractivity contribution in [1.82, 2.24) is 5.32 Å². The molecule has 0 bridgehead atoms. The van der Waals surface area contributed by atoms with Gasteiger partial charge in [0.05, 0.1) is 19.3 Å². The van der Waals surface area contributed by atoms with Crippen molar-refractivity contribution in [3.8, 4) is 0 Å². The number of nitrogens with one attached hydrogen (secondary N) is 1. The van der Waals surface area contributed by atoms with Crippen LogP contribution in [0, 0.1) is 0 Å². The summed E-state index contributed by atoms with van der Waals surface area (Å²) in [5.41, 5.74) is 0. The molecule has 0 radical (unpaired) electrons. The van der Waals surface area contributed by atoms with Gasteiger partial charge >= 0.3 is 0 Å². The van der Waals surface area contributed by atoms with Gasteiger partial charge in [-0.25, -0.2) is 0 Å². The topological polar surface area (TPSA) is 41.5 Å². The Kier molecular flexibility index (Phi) is 3.98. The number of hydrogen-bond donors (Lipinski definition) is 2. The Balaban J connectivity index is 1.96. The fourth-order valence-electron chi connectivity index (χ4n) is 1.53. The number of aliphatic hydroxyl groups is 1. The summed E-state index contributed by atoms with van der Waals surface area (Å²) < 4.78 is 5.35. The van der Waals surface area contributed by atoms with Crippen LogP contribution in [0.2, 0.25) is 0 Å². The minimum Gasteiger partial charge on any atom is -0.394 e. The van der Waals surface area contributed by atoms with Crippen molar-refractivity contribution in [3.63, 3.8) is 0 Å². The molecule has 0 heterocycles. The van der Waals surface area contributed by atoms with E-state index in [4.69, 9.17) is 9.84 Å². The second kappa shape index (κ2) is 4.80. The molecule has 2 N–H and O–H groups in total. The Labute approximate surface area is 74.1 Å². The van der Waals surface area contributed by atoms with E-state index in [1.54, 1.807) is 0 Å². The molecule has 0 aromatic carbocycles. The van der Waals surface area contributed by atoms with Crippen LogP contribution in [-0.2, 0) is 4.74 Å². The van der Waals surface area contributed by atoms with Crippen molar-refractivity contribution in [3.05, 3.63) is 0 Å². The second-order valence-electron chi connectivity index (χ2n) is 3.71. The van der Waals surface area contributed by atoms with Crippen molar-refractivity contribution in [2.24, 2.45) is 0 Å². The Morgan fingerprint density at radius 2 is 2.17 bits per heavy atom. The molecule has 0 saturated heterocycles. The minimum atomic E-state index is 0.138. The SMILES string of the molecule is CC(C)NC1CC(OCCO)C1. The molecule has 0 aromatic heterocycles. The van der Waals surface area contributed by atoms with E-state index in [1.807, 2.05) is 0 Å². The molecule has 0 amide bonds. The van der Waals surface area contributed by atoms with Gasteiger partial charge in [-0.1, -0.05) is 13.8 Å². The van der Waals surface area contributed by atoms with Crippen molar-refractivity contribution >= 4 is 0 Å². The molecule has 1 aliphatic rings. The van der Waals surface area contributed by atoms with Crippen LogP contribution in [0.15, 0.2) is 0 Å². The van der Waals surface area contributed by atoms with Crippen molar-refractivity contribution in [2.45, 2.75) is 44.9 Å². The van der Waals surface area contributed by atoms with E-state index < -0.39 is 0 Å². The molecule has 1 fully saturated rings. The Bertz CT molecular complexity index is 122. The first kappa shape index (κ1) is 9.96. The fraction of sp³-hybridized carbons (Fsp3) is 1.00. The molecule has 0 aliphatic heterocycles. The molecule has 0 spiro atoms. The van der Waals surface area contributed by atoms with Crippen molar-refractivity contribution < 1.29 is 9.84 Å². The Hall–Kier alpha value is -0.120. The monoisotopic (exact) mass is 173 g/mol. The summed E-state index contributed by atoms with van der Waals surface area (Å²) in [4.78, 5) is 0. The van der Waals surface area contributed by atoms with E-state index in [-0.39, 0.29) is 6.61 Å². The van der Waals surface area contributed by atoms with Gasteiger partial charge in [-0.2, -0.15) is 0 Å². The largest absolute Gasteiger partial charge is 0.394 e. The van der Waals surface area contributed by atoms with E-state index in [2.05, 4.69) is 19.2 Å². The summed E-state index contributed by atoms with van der Waals surface area (Å²) in [5, 5.41) is 11.9. The molecule has 1 aliphatic carbocycles. The quantitative estimate of drug-likeness (QED) is 0.637. The van der Waals surface area contributed by atoms with E-state index in [0.29, 0.717) is 24.8 Å². The molecule has 1 saturated carbocycles. The molecule has 0 aromatic rings. The van der Waals surface area contributed by atoms with Gasteiger partial charge in [0.2, 0.25) is 0 Å². The molecule has 3 heteroatoms. The van der Waals surface area contributed by atoms with Gasteiger partial charge in [0.25, 0.3) is 0 Å². The lowest BCUT2D eigenvalue weighted by molar-refractivity contribution is -0.0312. The lowest BCUT2D eigenvalue weighted by Crippen LogP contribution is -2.48. The minimum absolute atomic E-state index is 0.138. The molecule has 12 heavy (non-hydrogen) atoms. The van der Waals surface area contributed by atoms with Gasteiger partial charge in [0.1, 0.15) is 0 Å². The third kappa shape index (κ3) is 3.09. The summed E-state index contributed by atoms with van der Waals surface area (Å²) in [7, 11) is 0. The Morgan fingerprint density at radius 3 is 2.67 bits per heavy atom. The predicted octanol–water partition coefficient (Wildman–Crippen LogP) is 0.524. The highest BCUT2D eigenvalue weighted by atomic mass is 16.5. The molecule has 3 nitrogen and oxygen atoms in total. The molecule has 72 valence electrons. The lowest BCUT2D eigenvalue weighted by Gasteiger charge is -2.36. The predicted molar refractivity (Wildman–Crippen MR) is 48.1 cm³/mol. The van der Waals surface area contributed by atoms with Crippen LogP contribution in [0.25, 0.3) is 0 Å². The van der Waals surface area contributed by atoms with Crippen LogP contribution in [0.1, 0.15) is 26.7 Å². The third-order valence-electron chi connectivity index (χ3n) is 2.11. The van der Waals surface area contributed by atoms with Crippen LogP contribution >= 0.6 is 0 Å². The van der Waals surface area contributed by atoms with Crippen LogP contribution in [-0.4, -0.2) is 36.5 Å². The lowest BCUT2D eigenvalue weighted by atomic mass is 9.89. The number of ether oxygens (including phenoxy) is 1. The molecule has 0 atom stereocenters. The first-order valence-electron chi connectivity index (χ1n) is 4.71. The van der Waals surface area contributed by atoms with Crippen LogP contribution in [0.5, 0.6) is 0 Å². The summed E-state index contributed by atoms with van der Waals surface area (Å²) in [6.45, 7) is 4.93. The zero-order valence-electron chi connectivity index (χ0n) is 7.92. The second-order valence-corrected chi connectivity index (χ2v) is 3.71. The van der Waals surface area contributed by atoms with Crippen LogP contribution in [0.3, 0.4) is 0 Å². The molecule has 1 rings (SSSR count). The smallest absolute Gasteiger partial charge is 0.0701 e. The number of rotatable bonds is 5. The van der Waals surface area contributed by atoms with E-state index in [9.17, 15) is 0 Å². The maximum Gasteiger partial charge on any atom is 0.0701 e. The highest BCUT2D eigenvalue weighted by molar-refractivity contribution is 4.86. The summed E-state index contributed by atoms with van der Waals surface area (Å²) in [5.74, 6) is 0. The average molecular weight is 173 g/mol. The van der Waals surface area contributed by atoms with E-state index >= 15 is 0 Å². The molecular formula is C9H19NO2. The summed E-state index contributed by atoms with van der Waals surface area (Å²) >= 11 is 0. The molecular weight excluding hydrogens is 154 g/mol. The Morgan fingerprint density at radius 1 is 1.50 bits per heavy atom. The van der Waals surface area contributed by atoms with Gasteiger partial charge in [-0.3, -0.25) is 0 Å². The number of aliphatic hydroxyl groups excluding tert-OH is 1. The highest BCUT2D eigenvalue weighted by Crippen LogP contribution is 2.23. The van der Waals surface area contributed by atoms with E-state index in [0.717, 1.165) is 12.8 Å². The van der Waals surface area contributed by atoms with Crippen LogP contribution in [0.4, 0.5) is 0 Å². The van der Waals surface area contributed by atoms with Gasteiger partial charge in [-0.05, 0) is 12.8 Å². The summed E-state index contributed by atoms with van der Waals surface area (Å²) in [6, 6.07) is 1.20. The first-order valence-corrected chi connectivity index (χ1v) is 4.71. The average Bonchev–Trinajstić information content (AvgIpc) is 1.93. The van der Waals surface area contributed by atoms with Gasteiger partial charge < -0.3 is 15.2 Å². The highest BCUT2D eigenvalue weighted by Gasteiger charge is 2.29. The number of hydrogen-bond acceptors (Lipinski definition) is 3. The third-order valence-corrected chi connectivity index (χ3v) is 2.11. The maximum atomic E-state index is 8.51. The van der Waals surface area contributed by atoms with Gasteiger partial charge in [0, 0.05) is 12.1 Å². The van der Waals surface area contributed by atoms with Crippen molar-refractivity contribution in [1.29, 1.82) is 0 Å². The van der Waals surface area contributed by atoms with Gasteiger partial charge in [-0.15, -0.1) is 0 Å². The fourth-order valence-corrected chi connectivity index (χ4v) is 1.53. The molecule has 0 unspecified atom stereocenters. The van der Waals surface area contributed by atoms with Gasteiger partial charge in [0.15, 0.2) is 0 Å².